The standard InChI is InChI=1S/C23H18N6.C15H12ClN5/c1-2-4-20-17(3-1)12-27-23(28-20)29-13-18(14-29)22-21(25-9-10-26-22)16-5-6-19-15(11-16)7-8-24-19;16-14-13(17-5-6-18-14)11-8-21(9-11)15-19-7-10-3-1-2-4-12(10)20-15/h1-12,18,24H,13-14H2;1-7,11H,8-9H2. The summed E-state index contributed by atoms with van der Waals surface area (Å²) in [5.41, 5.74) is 7.02. The van der Waals surface area contributed by atoms with Crippen LogP contribution in [0.4, 0.5) is 11.9 Å². The van der Waals surface area contributed by atoms with Crippen molar-refractivity contribution in [2.24, 2.45) is 0 Å². The third kappa shape index (κ3) is 5.71. The first-order valence-corrected chi connectivity index (χ1v) is 16.8. The molecule has 0 bridgehead atoms. The molecule has 0 unspecified atom stereocenters. The Morgan fingerprint density at radius 2 is 1.16 bits per heavy atom. The van der Waals surface area contributed by atoms with Crippen LogP contribution < -0.4 is 9.80 Å². The average Bonchev–Trinajstić information content (AvgIpc) is 3.60. The van der Waals surface area contributed by atoms with Crippen LogP contribution in [0.1, 0.15) is 23.2 Å². The van der Waals surface area contributed by atoms with Gasteiger partial charge in [-0.25, -0.2) is 24.9 Å². The van der Waals surface area contributed by atoms with Gasteiger partial charge in [0.15, 0.2) is 5.15 Å². The molecule has 8 aromatic rings. The zero-order valence-electron chi connectivity index (χ0n) is 26.8. The summed E-state index contributed by atoms with van der Waals surface area (Å²) in [6.45, 7) is 3.32. The molecule has 0 saturated carbocycles. The highest BCUT2D eigenvalue weighted by molar-refractivity contribution is 6.30. The van der Waals surface area contributed by atoms with Gasteiger partial charge in [-0.05, 0) is 30.3 Å². The minimum absolute atomic E-state index is 0.293. The fourth-order valence-corrected chi connectivity index (χ4v) is 6.79. The van der Waals surface area contributed by atoms with Crippen molar-refractivity contribution in [2.45, 2.75) is 11.8 Å². The number of hydrogen-bond donors (Lipinski definition) is 1. The van der Waals surface area contributed by atoms with E-state index in [1.807, 2.05) is 67.1 Å². The summed E-state index contributed by atoms with van der Waals surface area (Å²) in [6, 6.07) is 24.5. The number of rotatable bonds is 5. The Hall–Kier alpha value is -6.07. The average molecular weight is 676 g/mol. The summed E-state index contributed by atoms with van der Waals surface area (Å²) in [7, 11) is 0. The van der Waals surface area contributed by atoms with E-state index in [1.54, 1.807) is 24.8 Å². The van der Waals surface area contributed by atoms with Crippen molar-refractivity contribution in [2.75, 3.05) is 36.0 Å². The second-order valence-corrected chi connectivity index (χ2v) is 12.8. The molecule has 10 rings (SSSR count). The molecule has 12 heteroatoms. The number of anilines is 2. The molecule has 2 saturated heterocycles. The van der Waals surface area contributed by atoms with E-state index in [4.69, 9.17) is 16.6 Å². The summed E-state index contributed by atoms with van der Waals surface area (Å²) < 4.78 is 0. The number of hydrogen-bond acceptors (Lipinski definition) is 10. The number of aromatic amines is 1. The minimum Gasteiger partial charge on any atom is -0.361 e. The van der Waals surface area contributed by atoms with Gasteiger partial charge in [-0.2, -0.15) is 0 Å². The highest BCUT2D eigenvalue weighted by atomic mass is 35.5. The lowest BCUT2D eigenvalue weighted by Gasteiger charge is -2.39. The first-order chi connectivity index (χ1) is 24.7. The number of H-pyrrole nitrogens is 1. The molecule has 3 aromatic carbocycles. The molecule has 2 aliphatic heterocycles. The van der Waals surface area contributed by atoms with Gasteiger partial charge >= 0.3 is 0 Å². The zero-order chi connectivity index (χ0) is 33.4. The van der Waals surface area contributed by atoms with Gasteiger partial charge in [-0.3, -0.25) is 15.0 Å². The quantitative estimate of drug-likeness (QED) is 0.207. The number of nitrogens with one attached hydrogen (secondary N) is 1. The SMILES string of the molecule is Clc1nccnc1C1CN(c2ncc3ccccc3n2)C1.c1ccc2nc(N3CC(c4nccnc4-c4ccc5[nH]ccc5c4)C3)ncc2c1. The number of benzene rings is 3. The molecule has 50 heavy (non-hydrogen) atoms. The van der Waals surface area contributed by atoms with Gasteiger partial charge in [0.25, 0.3) is 0 Å². The predicted octanol–water partition coefficient (Wildman–Crippen LogP) is 6.85. The molecule has 0 aliphatic carbocycles. The molecule has 0 amide bonds. The van der Waals surface area contributed by atoms with Crippen molar-refractivity contribution < 1.29 is 0 Å². The highest BCUT2D eigenvalue weighted by Gasteiger charge is 2.34. The lowest BCUT2D eigenvalue weighted by molar-refractivity contribution is 0.502. The maximum absolute atomic E-state index is 6.08. The Morgan fingerprint density at radius 3 is 1.82 bits per heavy atom. The first-order valence-electron chi connectivity index (χ1n) is 16.4. The van der Waals surface area contributed by atoms with Gasteiger partial charge in [-0.1, -0.05) is 54.1 Å². The van der Waals surface area contributed by atoms with Gasteiger partial charge in [0.1, 0.15) is 0 Å². The van der Waals surface area contributed by atoms with Crippen molar-refractivity contribution in [1.82, 2.24) is 44.9 Å². The molecular formula is C38H30ClN11. The number of para-hydroxylation sites is 2. The van der Waals surface area contributed by atoms with Crippen LogP contribution in [-0.2, 0) is 0 Å². The Labute approximate surface area is 292 Å². The maximum Gasteiger partial charge on any atom is 0.225 e. The van der Waals surface area contributed by atoms with Gasteiger partial charge in [0.2, 0.25) is 11.9 Å². The Kier molecular flexibility index (Phi) is 7.66. The largest absolute Gasteiger partial charge is 0.361 e. The van der Waals surface area contributed by atoms with Gasteiger partial charge < -0.3 is 14.8 Å². The molecule has 11 nitrogen and oxygen atoms in total. The predicted molar refractivity (Wildman–Crippen MR) is 195 cm³/mol. The Balaban J connectivity index is 0.000000142. The first kappa shape index (κ1) is 30.0. The Morgan fingerprint density at radius 1 is 0.580 bits per heavy atom. The fraction of sp³-hybridized carbons (Fsp3) is 0.158. The third-order valence-electron chi connectivity index (χ3n) is 9.29. The molecular weight excluding hydrogens is 646 g/mol. The summed E-state index contributed by atoms with van der Waals surface area (Å²) in [6.07, 6.45) is 12.5. The number of nitrogens with zero attached hydrogens (tertiary/aromatic N) is 10. The van der Waals surface area contributed by atoms with Gasteiger partial charge in [0.05, 0.1) is 28.1 Å². The van der Waals surface area contributed by atoms with Crippen molar-refractivity contribution >= 4 is 56.2 Å². The van der Waals surface area contributed by atoms with E-state index < -0.39 is 0 Å². The normalized spacial score (nSPS) is 14.7. The van der Waals surface area contributed by atoms with Crippen LogP contribution in [0.5, 0.6) is 0 Å². The van der Waals surface area contributed by atoms with Crippen molar-refractivity contribution in [1.29, 1.82) is 0 Å². The fourth-order valence-electron chi connectivity index (χ4n) is 6.54. The van der Waals surface area contributed by atoms with E-state index in [2.05, 4.69) is 73.9 Å². The van der Waals surface area contributed by atoms with E-state index in [1.165, 1.54) is 5.39 Å². The smallest absolute Gasteiger partial charge is 0.225 e. The van der Waals surface area contributed by atoms with Crippen LogP contribution in [0.2, 0.25) is 5.15 Å². The van der Waals surface area contributed by atoms with Gasteiger partial charge in [-0.15, -0.1) is 0 Å². The second-order valence-electron chi connectivity index (χ2n) is 12.5. The molecule has 0 atom stereocenters. The molecule has 1 N–H and O–H groups in total. The number of aromatic nitrogens is 9. The molecule has 244 valence electrons. The lowest BCUT2D eigenvalue weighted by Crippen LogP contribution is -2.46. The lowest BCUT2D eigenvalue weighted by atomic mass is 9.92. The van der Waals surface area contributed by atoms with Gasteiger partial charge in [0, 0.05) is 109 Å². The number of halogens is 1. The van der Waals surface area contributed by atoms with Crippen LogP contribution >= 0.6 is 11.6 Å². The van der Waals surface area contributed by atoms with E-state index >= 15 is 0 Å². The highest BCUT2D eigenvalue weighted by Crippen LogP contribution is 2.35. The maximum atomic E-state index is 6.08. The summed E-state index contributed by atoms with van der Waals surface area (Å²) in [5, 5.41) is 3.78. The van der Waals surface area contributed by atoms with Crippen LogP contribution in [0.25, 0.3) is 44.0 Å². The van der Waals surface area contributed by atoms with E-state index in [0.717, 1.165) is 88.0 Å². The molecule has 2 fully saturated rings. The zero-order valence-corrected chi connectivity index (χ0v) is 27.6. The molecule has 0 radical (unpaired) electrons. The number of fused-ring (bicyclic) bond motifs is 3. The molecule has 2 aliphatic rings. The topological polar surface area (TPSA) is 125 Å². The molecule has 7 heterocycles. The second kappa shape index (κ2) is 12.8. The van der Waals surface area contributed by atoms with Crippen molar-refractivity contribution in [3.63, 3.8) is 0 Å². The van der Waals surface area contributed by atoms with E-state index in [9.17, 15) is 0 Å². The van der Waals surface area contributed by atoms with E-state index in [-0.39, 0.29) is 0 Å². The van der Waals surface area contributed by atoms with E-state index in [0.29, 0.717) is 17.0 Å². The summed E-state index contributed by atoms with van der Waals surface area (Å²) in [4.78, 5) is 43.6. The van der Waals surface area contributed by atoms with Crippen molar-refractivity contribution in [3.05, 3.63) is 133 Å². The van der Waals surface area contributed by atoms with Crippen molar-refractivity contribution in [3.8, 4) is 11.3 Å². The van der Waals surface area contributed by atoms with Crippen LogP contribution in [0.3, 0.4) is 0 Å². The van der Waals surface area contributed by atoms with Crippen LogP contribution in [-0.4, -0.2) is 71.0 Å². The molecule has 5 aromatic heterocycles. The van der Waals surface area contributed by atoms with Crippen LogP contribution in [0, 0.1) is 0 Å². The monoisotopic (exact) mass is 675 g/mol. The molecule has 0 spiro atoms. The van der Waals surface area contributed by atoms with Crippen LogP contribution in [0.15, 0.2) is 116 Å². The summed E-state index contributed by atoms with van der Waals surface area (Å²) in [5.74, 6) is 2.14. The Bertz CT molecular complexity index is 2470. The summed E-state index contributed by atoms with van der Waals surface area (Å²) >= 11 is 6.08. The minimum atomic E-state index is 0.293. The third-order valence-corrected chi connectivity index (χ3v) is 9.58.